The summed E-state index contributed by atoms with van der Waals surface area (Å²) in [5, 5.41) is 0. The first kappa shape index (κ1) is 12.3. The van der Waals surface area contributed by atoms with Gasteiger partial charge in [0.2, 0.25) is 0 Å². The molecule has 0 N–H and O–H groups in total. The number of hydrogen-bond donors (Lipinski definition) is 0. The molecule has 15 heavy (non-hydrogen) atoms. The SMILES string of the molecule is CCCC(CCC)c1cc(C)cc(C)c1. The smallest absolute Gasteiger partial charge is 0.0162 e. The van der Waals surface area contributed by atoms with Gasteiger partial charge in [0.1, 0.15) is 0 Å². The molecule has 0 aliphatic carbocycles. The fourth-order valence-electron chi connectivity index (χ4n) is 2.42. The fourth-order valence-corrected chi connectivity index (χ4v) is 2.42. The maximum atomic E-state index is 2.36. The highest BCUT2D eigenvalue weighted by Crippen LogP contribution is 2.27. The van der Waals surface area contributed by atoms with Crippen molar-refractivity contribution in [1.29, 1.82) is 0 Å². The van der Waals surface area contributed by atoms with Gasteiger partial charge >= 0.3 is 0 Å². The number of benzene rings is 1. The fraction of sp³-hybridized carbons (Fsp3) is 0.600. The predicted octanol–water partition coefficient (Wildman–Crippen LogP) is 4.99. The van der Waals surface area contributed by atoms with Crippen LogP contribution in [0, 0.1) is 13.8 Å². The van der Waals surface area contributed by atoms with Crippen LogP contribution in [0.1, 0.15) is 62.1 Å². The van der Waals surface area contributed by atoms with E-state index < -0.39 is 0 Å². The Morgan fingerprint density at radius 1 is 0.867 bits per heavy atom. The molecule has 0 atom stereocenters. The van der Waals surface area contributed by atoms with Crippen LogP contribution in [0.25, 0.3) is 0 Å². The summed E-state index contributed by atoms with van der Waals surface area (Å²) in [5.41, 5.74) is 4.36. The molecule has 0 nitrogen and oxygen atoms in total. The van der Waals surface area contributed by atoms with Crippen LogP contribution in [0.3, 0.4) is 0 Å². The van der Waals surface area contributed by atoms with Crippen LogP contribution < -0.4 is 0 Å². The van der Waals surface area contributed by atoms with Crippen molar-refractivity contribution in [3.8, 4) is 0 Å². The van der Waals surface area contributed by atoms with E-state index in [1.165, 1.54) is 36.8 Å². The first-order valence-corrected chi connectivity index (χ1v) is 6.25. The summed E-state index contributed by atoms with van der Waals surface area (Å²) in [5.74, 6) is 0.776. The van der Waals surface area contributed by atoms with Crippen molar-refractivity contribution in [2.45, 2.75) is 59.3 Å². The highest BCUT2D eigenvalue weighted by Gasteiger charge is 2.10. The van der Waals surface area contributed by atoms with E-state index in [1.807, 2.05) is 0 Å². The zero-order chi connectivity index (χ0) is 11.3. The Morgan fingerprint density at radius 2 is 1.33 bits per heavy atom. The van der Waals surface area contributed by atoms with Gasteiger partial charge in [0, 0.05) is 0 Å². The zero-order valence-corrected chi connectivity index (χ0v) is 10.6. The van der Waals surface area contributed by atoms with E-state index in [-0.39, 0.29) is 0 Å². The highest BCUT2D eigenvalue weighted by atomic mass is 14.1. The van der Waals surface area contributed by atoms with Gasteiger partial charge < -0.3 is 0 Å². The van der Waals surface area contributed by atoms with E-state index in [9.17, 15) is 0 Å². The van der Waals surface area contributed by atoms with Crippen LogP contribution in [0.15, 0.2) is 18.2 Å². The van der Waals surface area contributed by atoms with E-state index in [2.05, 4.69) is 45.9 Å². The molecule has 0 aliphatic heterocycles. The average molecular weight is 204 g/mol. The quantitative estimate of drug-likeness (QED) is 0.634. The Labute approximate surface area is 94.7 Å². The normalized spacial score (nSPS) is 11.0. The molecule has 0 spiro atoms. The van der Waals surface area contributed by atoms with Crippen LogP contribution in [0.2, 0.25) is 0 Å². The van der Waals surface area contributed by atoms with E-state index >= 15 is 0 Å². The maximum absolute atomic E-state index is 2.36. The minimum atomic E-state index is 0.776. The summed E-state index contributed by atoms with van der Waals surface area (Å²) in [6.07, 6.45) is 5.24. The standard InChI is InChI=1S/C15H24/c1-5-7-14(8-6-2)15-10-12(3)9-13(4)11-15/h9-11,14H,5-8H2,1-4H3. The summed E-state index contributed by atoms with van der Waals surface area (Å²) in [6.45, 7) is 8.97. The monoisotopic (exact) mass is 204 g/mol. The molecule has 1 aromatic carbocycles. The Balaban J connectivity index is 2.88. The second-order valence-electron chi connectivity index (χ2n) is 4.70. The van der Waals surface area contributed by atoms with Gasteiger partial charge in [0.25, 0.3) is 0 Å². The van der Waals surface area contributed by atoms with Crippen LogP contribution in [-0.4, -0.2) is 0 Å². The lowest BCUT2D eigenvalue weighted by Crippen LogP contribution is -1.99. The summed E-state index contributed by atoms with van der Waals surface area (Å²) < 4.78 is 0. The van der Waals surface area contributed by atoms with Crippen molar-refractivity contribution in [1.82, 2.24) is 0 Å². The van der Waals surface area contributed by atoms with Crippen molar-refractivity contribution in [2.24, 2.45) is 0 Å². The van der Waals surface area contributed by atoms with E-state index in [0.29, 0.717) is 0 Å². The van der Waals surface area contributed by atoms with Gasteiger partial charge in [-0.2, -0.15) is 0 Å². The molecule has 0 bridgehead atoms. The van der Waals surface area contributed by atoms with E-state index in [0.717, 1.165) is 5.92 Å². The molecule has 0 fully saturated rings. The Hall–Kier alpha value is -0.780. The van der Waals surface area contributed by atoms with E-state index in [4.69, 9.17) is 0 Å². The summed E-state index contributed by atoms with van der Waals surface area (Å²) >= 11 is 0. The second-order valence-corrected chi connectivity index (χ2v) is 4.70. The van der Waals surface area contributed by atoms with Gasteiger partial charge in [-0.3, -0.25) is 0 Å². The molecule has 0 saturated heterocycles. The molecule has 0 unspecified atom stereocenters. The highest BCUT2D eigenvalue weighted by molar-refractivity contribution is 5.30. The largest absolute Gasteiger partial charge is 0.0654 e. The van der Waals surface area contributed by atoms with Gasteiger partial charge in [0.05, 0.1) is 0 Å². The second kappa shape index (κ2) is 5.95. The summed E-state index contributed by atoms with van der Waals surface area (Å²) in [7, 11) is 0. The number of aryl methyl sites for hydroxylation is 2. The lowest BCUT2D eigenvalue weighted by atomic mass is 9.88. The molecule has 0 heteroatoms. The van der Waals surface area contributed by atoms with Gasteiger partial charge in [-0.15, -0.1) is 0 Å². The average Bonchev–Trinajstić information content (AvgIpc) is 2.16. The predicted molar refractivity (Wildman–Crippen MR) is 68.5 cm³/mol. The molecule has 0 amide bonds. The van der Waals surface area contributed by atoms with Crippen molar-refractivity contribution in [2.75, 3.05) is 0 Å². The third-order valence-corrected chi connectivity index (χ3v) is 2.99. The van der Waals surface area contributed by atoms with Gasteiger partial charge in [-0.1, -0.05) is 56.0 Å². The number of hydrogen-bond acceptors (Lipinski definition) is 0. The molecule has 1 rings (SSSR count). The summed E-state index contributed by atoms with van der Waals surface area (Å²) in [6, 6.07) is 6.99. The molecular weight excluding hydrogens is 180 g/mol. The van der Waals surface area contributed by atoms with Crippen molar-refractivity contribution < 1.29 is 0 Å². The molecule has 0 radical (unpaired) electrons. The molecule has 0 saturated carbocycles. The zero-order valence-electron chi connectivity index (χ0n) is 10.6. The lowest BCUT2D eigenvalue weighted by molar-refractivity contribution is 0.560. The van der Waals surface area contributed by atoms with Crippen molar-refractivity contribution in [3.63, 3.8) is 0 Å². The van der Waals surface area contributed by atoms with Gasteiger partial charge in [0.15, 0.2) is 0 Å². The van der Waals surface area contributed by atoms with Gasteiger partial charge in [-0.05, 0) is 38.2 Å². The maximum Gasteiger partial charge on any atom is -0.0162 e. The van der Waals surface area contributed by atoms with Crippen LogP contribution in [0.4, 0.5) is 0 Å². The molecule has 0 aliphatic rings. The Kier molecular flexibility index (Phi) is 4.87. The van der Waals surface area contributed by atoms with E-state index in [1.54, 1.807) is 5.56 Å². The molecule has 0 aromatic heterocycles. The lowest BCUT2D eigenvalue weighted by Gasteiger charge is -2.17. The van der Waals surface area contributed by atoms with Crippen molar-refractivity contribution in [3.05, 3.63) is 34.9 Å². The Morgan fingerprint density at radius 3 is 1.73 bits per heavy atom. The third kappa shape index (κ3) is 3.70. The molecule has 1 aromatic rings. The minimum absolute atomic E-state index is 0.776. The van der Waals surface area contributed by atoms with Crippen LogP contribution in [0.5, 0.6) is 0 Å². The number of rotatable bonds is 5. The van der Waals surface area contributed by atoms with Crippen LogP contribution >= 0.6 is 0 Å². The summed E-state index contributed by atoms with van der Waals surface area (Å²) in [4.78, 5) is 0. The third-order valence-electron chi connectivity index (χ3n) is 2.99. The molecule has 0 heterocycles. The Bertz CT molecular complexity index is 273. The topological polar surface area (TPSA) is 0 Å². The van der Waals surface area contributed by atoms with Crippen LogP contribution in [-0.2, 0) is 0 Å². The molecular formula is C15H24. The first-order chi connectivity index (χ1) is 7.17. The first-order valence-electron chi connectivity index (χ1n) is 6.25. The molecule has 84 valence electrons. The van der Waals surface area contributed by atoms with Gasteiger partial charge in [-0.25, -0.2) is 0 Å². The minimum Gasteiger partial charge on any atom is -0.0654 e. The van der Waals surface area contributed by atoms with Crippen molar-refractivity contribution >= 4 is 0 Å².